The lowest BCUT2D eigenvalue weighted by Gasteiger charge is -2.08. The number of anilines is 1. The van der Waals surface area contributed by atoms with E-state index in [0.717, 1.165) is 22.3 Å². The summed E-state index contributed by atoms with van der Waals surface area (Å²) in [6.07, 6.45) is 1.89. The van der Waals surface area contributed by atoms with Crippen LogP contribution < -0.4 is 10.1 Å². The van der Waals surface area contributed by atoms with Crippen molar-refractivity contribution < 1.29 is 14.3 Å². The highest BCUT2D eigenvalue weighted by molar-refractivity contribution is 5.90. The molecule has 1 N–H and O–H groups in total. The molecule has 4 rings (SSSR count). The quantitative estimate of drug-likeness (QED) is 0.508. The van der Waals surface area contributed by atoms with Gasteiger partial charge in [0.05, 0.1) is 6.61 Å². The summed E-state index contributed by atoms with van der Waals surface area (Å²) in [5, 5.41) is 7.06. The minimum atomic E-state index is -0.320. The molecule has 2 aromatic heterocycles. The van der Waals surface area contributed by atoms with Crippen molar-refractivity contribution in [2.75, 3.05) is 19.0 Å². The topological polar surface area (TPSA) is 77.8 Å². The second kappa shape index (κ2) is 8.75. The summed E-state index contributed by atoms with van der Waals surface area (Å²) < 4.78 is 12.5. The number of nitrogens with one attached hydrogen (secondary N) is 1. The Morgan fingerprint density at radius 2 is 1.87 bits per heavy atom. The molecule has 0 radical (unpaired) electrons. The van der Waals surface area contributed by atoms with Gasteiger partial charge in [-0.1, -0.05) is 42.5 Å². The van der Waals surface area contributed by atoms with Gasteiger partial charge in [-0.05, 0) is 41.8 Å². The second-order valence-corrected chi connectivity index (χ2v) is 6.85. The third-order valence-electron chi connectivity index (χ3n) is 4.66. The molecule has 0 unspecified atom stereocenters. The maximum atomic E-state index is 12.2. The molecule has 30 heavy (non-hydrogen) atoms. The van der Waals surface area contributed by atoms with Crippen molar-refractivity contribution in [1.29, 1.82) is 0 Å². The van der Waals surface area contributed by atoms with Gasteiger partial charge in [-0.2, -0.15) is 4.98 Å². The number of carbonyl (C=O) groups is 1. The van der Waals surface area contributed by atoms with E-state index < -0.39 is 0 Å². The van der Waals surface area contributed by atoms with E-state index in [9.17, 15) is 4.79 Å². The molecule has 4 aromatic rings. The van der Waals surface area contributed by atoms with Gasteiger partial charge in [0, 0.05) is 18.9 Å². The van der Waals surface area contributed by atoms with E-state index in [1.54, 1.807) is 11.6 Å². The zero-order valence-electron chi connectivity index (χ0n) is 16.8. The molecule has 7 nitrogen and oxygen atoms in total. The first-order chi connectivity index (χ1) is 14.6. The summed E-state index contributed by atoms with van der Waals surface area (Å²) in [6.45, 7) is 2.34. The highest BCUT2D eigenvalue weighted by atomic mass is 16.5. The third kappa shape index (κ3) is 4.31. The number of aromatic nitrogens is 3. The molecule has 0 spiro atoms. The van der Waals surface area contributed by atoms with Gasteiger partial charge in [0.2, 0.25) is 5.95 Å². The van der Waals surface area contributed by atoms with Crippen molar-refractivity contribution in [2.24, 2.45) is 0 Å². The van der Waals surface area contributed by atoms with Crippen LogP contribution in [0.2, 0.25) is 0 Å². The van der Waals surface area contributed by atoms with Gasteiger partial charge in [-0.3, -0.25) is 10.1 Å². The largest absolute Gasteiger partial charge is 0.483 e. The molecule has 7 heteroatoms. The zero-order valence-corrected chi connectivity index (χ0v) is 16.8. The predicted octanol–water partition coefficient (Wildman–Crippen LogP) is 3.87. The molecule has 1 amide bonds. The monoisotopic (exact) mass is 402 g/mol. The minimum absolute atomic E-state index is 0.115. The molecule has 0 aliphatic carbocycles. The number of para-hydroxylation sites is 1. The minimum Gasteiger partial charge on any atom is -0.483 e. The Morgan fingerprint density at radius 3 is 2.70 bits per heavy atom. The van der Waals surface area contributed by atoms with E-state index in [0.29, 0.717) is 18.0 Å². The predicted molar refractivity (Wildman–Crippen MR) is 114 cm³/mol. The van der Waals surface area contributed by atoms with Gasteiger partial charge >= 0.3 is 0 Å². The van der Waals surface area contributed by atoms with Crippen LogP contribution in [0.1, 0.15) is 11.1 Å². The Morgan fingerprint density at radius 1 is 1.07 bits per heavy atom. The number of fused-ring (bicyclic) bond motifs is 1. The molecular weight excluding hydrogens is 380 g/mol. The highest BCUT2D eigenvalue weighted by Crippen LogP contribution is 2.24. The van der Waals surface area contributed by atoms with Gasteiger partial charge < -0.3 is 9.47 Å². The van der Waals surface area contributed by atoms with Crippen LogP contribution in [-0.2, 0) is 16.1 Å². The summed E-state index contributed by atoms with van der Waals surface area (Å²) in [5.74, 6) is 0.588. The van der Waals surface area contributed by atoms with Gasteiger partial charge in [-0.15, -0.1) is 5.10 Å². The fourth-order valence-corrected chi connectivity index (χ4v) is 3.20. The van der Waals surface area contributed by atoms with Gasteiger partial charge in [0.15, 0.2) is 12.3 Å². The normalized spacial score (nSPS) is 10.9. The standard InChI is InChI=1S/C23H22N4O3/c1-16-7-3-6-10-20(16)30-15-22(28)25-23-24-21-12-11-17(13-27(21)26-23)19-9-5-4-8-18(19)14-29-2/h3-13H,14-15H2,1-2H3,(H,25,26,28). The van der Waals surface area contributed by atoms with Crippen LogP contribution in [0.3, 0.4) is 0 Å². The van der Waals surface area contributed by atoms with Crippen molar-refractivity contribution in [1.82, 2.24) is 14.6 Å². The smallest absolute Gasteiger partial charge is 0.264 e. The highest BCUT2D eigenvalue weighted by Gasteiger charge is 2.11. The Balaban J connectivity index is 1.49. The Labute approximate surface area is 174 Å². The Bertz CT molecular complexity index is 1190. The number of ether oxygens (including phenoxy) is 2. The molecular formula is C23H22N4O3. The van der Waals surface area contributed by atoms with Crippen molar-refractivity contribution in [3.05, 3.63) is 78.0 Å². The van der Waals surface area contributed by atoms with Gasteiger partial charge in [0.1, 0.15) is 5.75 Å². The number of rotatable bonds is 7. The van der Waals surface area contributed by atoms with Crippen LogP contribution in [0.25, 0.3) is 16.8 Å². The van der Waals surface area contributed by atoms with Crippen LogP contribution in [0.5, 0.6) is 5.75 Å². The van der Waals surface area contributed by atoms with Crippen molar-refractivity contribution in [3.63, 3.8) is 0 Å². The lowest BCUT2D eigenvalue weighted by atomic mass is 10.0. The van der Waals surface area contributed by atoms with E-state index in [4.69, 9.17) is 9.47 Å². The maximum Gasteiger partial charge on any atom is 0.264 e. The Hall–Kier alpha value is -3.71. The van der Waals surface area contributed by atoms with Crippen LogP contribution in [-0.4, -0.2) is 34.2 Å². The number of methoxy groups -OCH3 is 1. The third-order valence-corrected chi connectivity index (χ3v) is 4.66. The van der Waals surface area contributed by atoms with Crippen LogP contribution in [0, 0.1) is 6.92 Å². The molecule has 2 aromatic carbocycles. The molecule has 0 aliphatic heterocycles. The van der Waals surface area contributed by atoms with E-state index in [-0.39, 0.29) is 18.5 Å². The molecule has 0 atom stereocenters. The number of aryl methyl sites for hydroxylation is 1. The summed E-state index contributed by atoms with van der Waals surface area (Å²) in [6, 6.07) is 19.4. The first-order valence-corrected chi connectivity index (χ1v) is 9.56. The maximum absolute atomic E-state index is 12.2. The average Bonchev–Trinajstić information content (AvgIpc) is 3.15. The SMILES string of the molecule is COCc1ccccc1-c1ccc2nc(NC(=O)COc3ccccc3C)nn2c1. The molecule has 152 valence electrons. The van der Waals surface area contributed by atoms with Crippen LogP contribution in [0.15, 0.2) is 66.9 Å². The second-order valence-electron chi connectivity index (χ2n) is 6.85. The lowest BCUT2D eigenvalue weighted by Crippen LogP contribution is -2.21. The number of carbonyl (C=O) groups excluding carboxylic acids is 1. The van der Waals surface area contributed by atoms with Gasteiger partial charge in [0.25, 0.3) is 5.91 Å². The summed E-state index contributed by atoms with van der Waals surface area (Å²) in [4.78, 5) is 16.6. The van der Waals surface area contributed by atoms with E-state index in [1.165, 1.54) is 0 Å². The van der Waals surface area contributed by atoms with E-state index >= 15 is 0 Å². The molecule has 0 fully saturated rings. The summed E-state index contributed by atoms with van der Waals surface area (Å²) in [7, 11) is 1.68. The number of benzene rings is 2. The Kier molecular flexibility index (Phi) is 5.72. The number of amides is 1. The van der Waals surface area contributed by atoms with Crippen LogP contribution >= 0.6 is 0 Å². The average molecular weight is 402 g/mol. The van der Waals surface area contributed by atoms with Crippen molar-refractivity contribution in [3.8, 4) is 16.9 Å². The molecule has 0 saturated heterocycles. The number of nitrogens with zero attached hydrogens (tertiary/aromatic N) is 3. The van der Waals surface area contributed by atoms with Crippen molar-refractivity contribution in [2.45, 2.75) is 13.5 Å². The summed E-state index contributed by atoms with van der Waals surface area (Å²) in [5.41, 5.74) is 4.74. The fourth-order valence-electron chi connectivity index (χ4n) is 3.20. The first-order valence-electron chi connectivity index (χ1n) is 9.56. The molecule has 2 heterocycles. The number of hydrogen-bond acceptors (Lipinski definition) is 5. The fraction of sp³-hybridized carbons (Fsp3) is 0.174. The van der Waals surface area contributed by atoms with Crippen molar-refractivity contribution >= 4 is 17.5 Å². The lowest BCUT2D eigenvalue weighted by molar-refractivity contribution is -0.118. The van der Waals surface area contributed by atoms with Crippen LogP contribution in [0.4, 0.5) is 5.95 Å². The number of pyridine rings is 1. The summed E-state index contributed by atoms with van der Waals surface area (Å²) >= 11 is 0. The molecule has 0 bridgehead atoms. The van der Waals surface area contributed by atoms with E-state index in [2.05, 4.69) is 15.4 Å². The van der Waals surface area contributed by atoms with E-state index in [1.807, 2.05) is 73.8 Å². The molecule has 0 saturated carbocycles. The number of hydrogen-bond donors (Lipinski definition) is 1. The first kappa shape index (κ1) is 19.6. The van der Waals surface area contributed by atoms with Gasteiger partial charge in [-0.25, -0.2) is 4.52 Å². The molecule has 0 aliphatic rings. The zero-order chi connectivity index (χ0) is 20.9.